The van der Waals surface area contributed by atoms with Crippen LogP contribution in [-0.4, -0.2) is 65.9 Å². The number of carbonyl (C=O) groups is 2. The average molecular weight is 669 g/mol. The van der Waals surface area contributed by atoms with Gasteiger partial charge in [-0.1, -0.05) is 42.5 Å². The molecule has 0 fully saturated rings. The summed E-state index contributed by atoms with van der Waals surface area (Å²) >= 11 is 0. The van der Waals surface area contributed by atoms with Crippen LogP contribution in [0.25, 0.3) is 18.2 Å². The molecule has 49 heavy (non-hydrogen) atoms. The van der Waals surface area contributed by atoms with Gasteiger partial charge in [-0.2, -0.15) is 0 Å². The summed E-state index contributed by atoms with van der Waals surface area (Å²) in [7, 11) is 2.82. The summed E-state index contributed by atoms with van der Waals surface area (Å²) in [5.41, 5.74) is 2.43. The van der Waals surface area contributed by atoms with Crippen LogP contribution in [0.5, 0.6) is 34.5 Å². The number of rotatable bonds is 15. The van der Waals surface area contributed by atoms with Crippen molar-refractivity contribution in [1.82, 2.24) is 0 Å². The second-order valence-electron chi connectivity index (χ2n) is 10.5. The summed E-state index contributed by atoms with van der Waals surface area (Å²) in [5.74, 6) is -0.426. The molecule has 0 aliphatic rings. The van der Waals surface area contributed by atoms with E-state index in [4.69, 9.17) is 23.7 Å². The maximum absolute atomic E-state index is 12.6. The Morgan fingerprint density at radius 2 is 1.22 bits per heavy atom. The first-order valence-corrected chi connectivity index (χ1v) is 15.0. The molecule has 254 valence electrons. The highest BCUT2D eigenvalue weighted by Gasteiger charge is 2.27. The van der Waals surface area contributed by atoms with Crippen molar-refractivity contribution >= 4 is 30.2 Å². The lowest BCUT2D eigenvalue weighted by Gasteiger charge is -2.25. The molecule has 0 spiro atoms. The molecule has 0 aliphatic heterocycles. The fourth-order valence-electron chi connectivity index (χ4n) is 4.41. The summed E-state index contributed by atoms with van der Waals surface area (Å²) < 4.78 is 27.5. The standard InChI is InChI=1S/C38H36O11/c1-45-33-23-28(12-17-31(33)41)38(44)35(24-48-37(43)20-11-26-7-15-30(40)16-8-26)49-32-18-9-27(22-34(32)46-2)4-3-21-47-36(42)19-10-25-5-13-29(39)14-6-25/h3-20,22-23,35,38-41,44H,21,24H2,1-2H3. The van der Waals surface area contributed by atoms with E-state index in [1.807, 2.05) is 0 Å². The number of aromatic hydroxyl groups is 3. The third kappa shape index (κ3) is 10.9. The number of ether oxygens (including phenoxy) is 5. The smallest absolute Gasteiger partial charge is 0.331 e. The van der Waals surface area contributed by atoms with Crippen LogP contribution in [-0.2, 0) is 19.1 Å². The molecule has 4 aromatic carbocycles. The van der Waals surface area contributed by atoms with Crippen molar-refractivity contribution in [1.29, 1.82) is 0 Å². The molecule has 2 unspecified atom stereocenters. The number of phenols is 3. The van der Waals surface area contributed by atoms with E-state index in [-0.39, 0.29) is 42.0 Å². The Balaban J connectivity index is 1.43. The number of hydrogen-bond donors (Lipinski definition) is 4. The Bertz CT molecular complexity index is 1790. The molecular weight excluding hydrogens is 632 g/mol. The monoisotopic (exact) mass is 668 g/mol. The topological polar surface area (TPSA) is 161 Å². The van der Waals surface area contributed by atoms with Gasteiger partial charge in [0, 0.05) is 12.2 Å². The Morgan fingerprint density at radius 1 is 0.653 bits per heavy atom. The summed E-state index contributed by atoms with van der Waals surface area (Å²) in [6.07, 6.45) is 6.52. The Morgan fingerprint density at radius 3 is 1.82 bits per heavy atom. The lowest BCUT2D eigenvalue weighted by molar-refractivity contribution is -0.142. The quantitative estimate of drug-likeness (QED) is 0.0891. The van der Waals surface area contributed by atoms with Gasteiger partial charge in [0.15, 0.2) is 29.1 Å². The van der Waals surface area contributed by atoms with E-state index in [0.29, 0.717) is 22.4 Å². The van der Waals surface area contributed by atoms with E-state index in [1.165, 1.54) is 74.9 Å². The van der Waals surface area contributed by atoms with Crippen LogP contribution in [0.2, 0.25) is 0 Å². The number of aliphatic hydroxyl groups excluding tert-OH is 1. The molecule has 11 heteroatoms. The van der Waals surface area contributed by atoms with Crippen molar-refractivity contribution in [3.8, 4) is 34.5 Å². The summed E-state index contributed by atoms with van der Waals surface area (Å²) in [6.45, 7) is -0.350. The molecule has 0 aliphatic carbocycles. The van der Waals surface area contributed by atoms with E-state index in [1.54, 1.807) is 60.7 Å². The minimum atomic E-state index is -1.33. The lowest BCUT2D eigenvalue weighted by atomic mass is 10.0. The number of carbonyl (C=O) groups excluding carboxylic acids is 2. The maximum atomic E-state index is 12.6. The highest BCUT2D eigenvalue weighted by atomic mass is 16.6. The number of phenolic OH excluding ortho intramolecular Hbond substituents is 3. The van der Waals surface area contributed by atoms with Gasteiger partial charge >= 0.3 is 11.9 Å². The van der Waals surface area contributed by atoms with Crippen LogP contribution in [0.15, 0.2) is 103 Å². The number of aliphatic hydroxyl groups is 1. The van der Waals surface area contributed by atoms with Crippen LogP contribution in [0.4, 0.5) is 0 Å². The summed E-state index contributed by atoms with van der Waals surface area (Å²) in [6, 6.07) is 21.9. The number of benzene rings is 4. The fourth-order valence-corrected chi connectivity index (χ4v) is 4.41. The zero-order valence-electron chi connectivity index (χ0n) is 26.8. The summed E-state index contributed by atoms with van der Waals surface area (Å²) in [4.78, 5) is 24.6. The zero-order chi connectivity index (χ0) is 35.2. The van der Waals surface area contributed by atoms with E-state index < -0.39 is 24.1 Å². The van der Waals surface area contributed by atoms with Crippen LogP contribution >= 0.6 is 0 Å². The number of hydrogen-bond acceptors (Lipinski definition) is 11. The first-order chi connectivity index (χ1) is 23.6. The van der Waals surface area contributed by atoms with E-state index in [9.17, 15) is 30.0 Å². The maximum Gasteiger partial charge on any atom is 0.331 e. The third-order valence-corrected chi connectivity index (χ3v) is 7.00. The van der Waals surface area contributed by atoms with Crippen LogP contribution < -0.4 is 14.2 Å². The lowest BCUT2D eigenvalue weighted by Crippen LogP contribution is -2.31. The third-order valence-electron chi connectivity index (χ3n) is 7.00. The van der Waals surface area contributed by atoms with Crippen molar-refractivity contribution in [2.45, 2.75) is 12.2 Å². The molecule has 0 heterocycles. The fraction of sp³-hybridized carbons (Fsp3) is 0.158. The van der Waals surface area contributed by atoms with Gasteiger partial charge in [-0.25, -0.2) is 9.59 Å². The van der Waals surface area contributed by atoms with Gasteiger partial charge < -0.3 is 44.1 Å². The molecule has 0 radical (unpaired) electrons. The highest BCUT2D eigenvalue weighted by Crippen LogP contribution is 2.34. The molecule has 0 amide bonds. The van der Waals surface area contributed by atoms with Crippen molar-refractivity contribution in [3.63, 3.8) is 0 Å². The van der Waals surface area contributed by atoms with Crippen molar-refractivity contribution in [2.24, 2.45) is 0 Å². The largest absolute Gasteiger partial charge is 0.508 e. The first kappa shape index (κ1) is 35.7. The van der Waals surface area contributed by atoms with Gasteiger partial charge in [0.25, 0.3) is 0 Å². The normalized spacial score (nSPS) is 12.6. The zero-order valence-corrected chi connectivity index (χ0v) is 26.8. The SMILES string of the molecule is COc1cc(C(O)C(COC(=O)C=Cc2ccc(O)cc2)Oc2ccc(C=CCOC(=O)C=Cc3ccc(O)cc3)cc2OC)ccc1O. The molecule has 4 rings (SSSR count). The minimum Gasteiger partial charge on any atom is -0.508 e. The van der Waals surface area contributed by atoms with Gasteiger partial charge in [0.1, 0.15) is 30.8 Å². The molecule has 0 saturated carbocycles. The van der Waals surface area contributed by atoms with Crippen LogP contribution in [0, 0.1) is 0 Å². The molecule has 0 saturated heterocycles. The molecule has 0 bridgehead atoms. The van der Waals surface area contributed by atoms with Crippen molar-refractivity contribution in [3.05, 3.63) is 125 Å². The van der Waals surface area contributed by atoms with Gasteiger partial charge in [-0.15, -0.1) is 0 Å². The Kier molecular flexibility index (Phi) is 12.8. The first-order valence-electron chi connectivity index (χ1n) is 15.0. The van der Waals surface area contributed by atoms with E-state index >= 15 is 0 Å². The molecule has 4 aromatic rings. The molecule has 0 aromatic heterocycles. The van der Waals surface area contributed by atoms with Crippen molar-refractivity contribution < 1.29 is 53.7 Å². The highest BCUT2D eigenvalue weighted by molar-refractivity contribution is 5.87. The second-order valence-corrected chi connectivity index (χ2v) is 10.5. The number of methoxy groups -OCH3 is 2. The molecule has 4 N–H and O–H groups in total. The van der Waals surface area contributed by atoms with Gasteiger partial charge in [0.05, 0.1) is 14.2 Å². The Hall–Kier alpha value is -6.20. The van der Waals surface area contributed by atoms with Gasteiger partial charge in [-0.05, 0) is 89.0 Å². The molecule has 2 atom stereocenters. The van der Waals surface area contributed by atoms with E-state index in [0.717, 1.165) is 5.56 Å². The second kappa shape index (κ2) is 17.6. The average Bonchev–Trinajstić information content (AvgIpc) is 3.11. The predicted octanol–water partition coefficient (Wildman–Crippen LogP) is 5.83. The predicted molar refractivity (Wildman–Crippen MR) is 182 cm³/mol. The molecular formula is C38H36O11. The van der Waals surface area contributed by atoms with Gasteiger partial charge in [-0.3, -0.25) is 0 Å². The van der Waals surface area contributed by atoms with Crippen LogP contribution in [0.1, 0.15) is 28.4 Å². The van der Waals surface area contributed by atoms with Gasteiger partial charge in [0.2, 0.25) is 0 Å². The minimum absolute atomic E-state index is 0.0102. The van der Waals surface area contributed by atoms with E-state index in [2.05, 4.69) is 0 Å². The Labute approximate surface area is 283 Å². The van der Waals surface area contributed by atoms with Crippen molar-refractivity contribution in [2.75, 3.05) is 27.4 Å². The van der Waals surface area contributed by atoms with Crippen LogP contribution in [0.3, 0.4) is 0 Å². The summed E-state index contributed by atoms with van der Waals surface area (Å²) in [5, 5.41) is 40.2. The molecule has 11 nitrogen and oxygen atoms in total. The number of esters is 2.